The van der Waals surface area contributed by atoms with Crippen molar-refractivity contribution in [3.8, 4) is 11.5 Å². The van der Waals surface area contributed by atoms with E-state index in [2.05, 4.69) is 77.5 Å². The topological polar surface area (TPSA) is 65.2 Å². The molecule has 2 rings (SSSR count). The summed E-state index contributed by atoms with van der Waals surface area (Å²) in [6.07, 6.45) is 4.59. The average molecular weight is 615 g/mol. The molecule has 0 aromatic heterocycles. The Hall–Kier alpha value is -1.74. The van der Waals surface area contributed by atoms with Gasteiger partial charge in [-0.3, -0.25) is 9.98 Å². The Bertz CT molecular complexity index is 1090. The summed E-state index contributed by atoms with van der Waals surface area (Å²) in [5, 5.41) is 20.8. The van der Waals surface area contributed by atoms with Crippen LogP contribution in [-0.4, -0.2) is 34.7 Å². The van der Waals surface area contributed by atoms with E-state index in [1.54, 1.807) is 12.4 Å². The Morgan fingerprint density at radius 1 is 0.692 bits per heavy atom. The number of phenols is 2. The van der Waals surface area contributed by atoms with Crippen LogP contribution in [0.15, 0.2) is 34.3 Å². The zero-order chi connectivity index (χ0) is 28.7. The van der Waals surface area contributed by atoms with E-state index in [4.69, 9.17) is 0 Å². The van der Waals surface area contributed by atoms with Gasteiger partial charge >= 0.3 is 0 Å². The van der Waals surface area contributed by atoms with Crippen LogP contribution in [0, 0.1) is 20.3 Å². The minimum absolute atomic E-state index is 0. The minimum atomic E-state index is -0.0719. The Morgan fingerprint density at radius 3 is 1.44 bits per heavy atom. The molecule has 2 aromatic rings. The van der Waals surface area contributed by atoms with E-state index in [1.165, 1.54) is 5.56 Å². The quantitative estimate of drug-likeness (QED) is 0.252. The summed E-state index contributed by atoms with van der Waals surface area (Å²) in [6.45, 7) is 27.3. The summed E-state index contributed by atoms with van der Waals surface area (Å²) >= 11 is 0. The van der Waals surface area contributed by atoms with Crippen molar-refractivity contribution in [3.05, 3.63) is 65.1 Å². The largest absolute Gasteiger partial charge is 0.507 e. The molecule has 0 heterocycles. The average Bonchev–Trinajstić information content (AvgIpc) is 2.72. The van der Waals surface area contributed by atoms with Crippen LogP contribution in [0.1, 0.15) is 116 Å². The summed E-state index contributed by atoms with van der Waals surface area (Å²) in [5.41, 5.74) is 5.91. The molecule has 2 N–H and O–H groups in total. The Kier molecular flexibility index (Phi) is 16.7. The van der Waals surface area contributed by atoms with Crippen molar-refractivity contribution in [2.24, 2.45) is 15.9 Å². The van der Waals surface area contributed by atoms with Gasteiger partial charge in [0, 0.05) is 73.0 Å². The van der Waals surface area contributed by atoms with Crippen LogP contribution in [0.2, 0.25) is 0 Å². The third kappa shape index (κ3) is 13.4. The number of aliphatic imine (C=N–C) groups is 2. The van der Waals surface area contributed by atoms with Gasteiger partial charge < -0.3 is 17.6 Å². The molecule has 5 heteroatoms. The minimum Gasteiger partial charge on any atom is -0.507 e. The zero-order valence-corrected chi connectivity index (χ0v) is 29.7. The van der Waals surface area contributed by atoms with E-state index in [1.807, 2.05) is 46.8 Å². The third-order valence-corrected chi connectivity index (χ3v) is 5.77. The van der Waals surface area contributed by atoms with E-state index in [0.717, 1.165) is 34.2 Å². The first-order chi connectivity index (χ1) is 16.8. The van der Waals surface area contributed by atoms with Gasteiger partial charge in [0.25, 0.3) is 0 Å². The molecule has 0 amide bonds. The van der Waals surface area contributed by atoms with Gasteiger partial charge in [-0.15, -0.1) is 0 Å². The first-order valence-corrected chi connectivity index (χ1v) is 13.6. The molecular weight excluding hydrogens is 560 g/mol. The number of rotatable bonds is 6. The Balaban J connectivity index is 0. The molecule has 0 radical (unpaired) electrons. The van der Waals surface area contributed by atoms with Crippen LogP contribution >= 0.6 is 0 Å². The molecule has 0 saturated carbocycles. The van der Waals surface area contributed by atoms with Gasteiger partial charge in [0.05, 0.1) is 0 Å². The molecule has 0 spiro atoms. The first kappa shape index (κ1) is 39.4. The molecule has 0 aliphatic carbocycles. The van der Waals surface area contributed by atoms with Crippen LogP contribution < -0.4 is 0 Å². The third-order valence-electron chi connectivity index (χ3n) is 5.77. The van der Waals surface area contributed by atoms with Crippen LogP contribution in [0.5, 0.6) is 11.5 Å². The maximum atomic E-state index is 10.5. The molecule has 39 heavy (non-hydrogen) atoms. The Labute approximate surface area is 259 Å². The zero-order valence-electron chi connectivity index (χ0n) is 27.2. The molecule has 0 bridgehead atoms. The predicted molar refractivity (Wildman–Crippen MR) is 169 cm³/mol. The van der Waals surface area contributed by atoms with Crippen LogP contribution in [0.4, 0.5) is 0 Å². The maximum absolute atomic E-state index is 10.5. The van der Waals surface area contributed by atoms with Crippen molar-refractivity contribution in [2.45, 2.75) is 119 Å². The SMILES string of the molecule is CC(C)Cc1cc(C=NC(C)C)c(O)c(C(C)(C)C)c1.Cc1cc(C=NC(C)C)c(O)c(C(C)(C)C)c1.[CH3-].[Zr]. The van der Waals surface area contributed by atoms with E-state index in [-0.39, 0.29) is 56.5 Å². The molecule has 0 aliphatic rings. The number of aryl methyl sites for hydroxylation is 1. The monoisotopic (exact) mass is 613 g/mol. The summed E-state index contributed by atoms with van der Waals surface area (Å²) in [6, 6.07) is 8.70. The molecule has 4 nitrogen and oxygen atoms in total. The number of phenolic OH excluding ortho intramolecular Hbond substituents is 2. The van der Waals surface area contributed by atoms with Crippen LogP contribution in [0.25, 0.3) is 0 Å². The summed E-state index contributed by atoms with van der Waals surface area (Å²) in [7, 11) is 0. The number of nitrogens with zero attached hydrogens (tertiary/aromatic N) is 2. The summed E-state index contributed by atoms with van der Waals surface area (Å²) < 4.78 is 0. The van der Waals surface area contributed by atoms with Crippen molar-refractivity contribution >= 4 is 12.4 Å². The molecule has 0 unspecified atom stereocenters. The number of hydrogen-bond donors (Lipinski definition) is 2. The van der Waals surface area contributed by atoms with E-state index >= 15 is 0 Å². The van der Waals surface area contributed by atoms with Crippen LogP contribution in [0.3, 0.4) is 0 Å². The van der Waals surface area contributed by atoms with E-state index in [9.17, 15) is 10.2 Å². The van der Waals surface area contributed by atoms with E-state index < -0.39 is 0 Å². The van der Waals surface area contributed by atoms with Crippen molar-refractivity contribution in [1.82, 2.24) is 0 Å². The smallest absolute Gasteiger partial charge is 0.128 e. The van der Waals surface area contributed by atoms with Gasteiger partial charge in [-0.1, -0.05) is 67.5 Å². The van der Waals surface area contributed by atoms with Gasteiger partial charge in [0.15, 0.2) is 0 Å². The maximum Gasteiger partial charge on any atom is 0.128 e. The molecule has 218 valence electrons. The van der Waals surface area contributed by atoms with E-state index in [0.29, 0.717) is 17.4 Å². The van der Waals surface area contributed by atoms with Gasteiger partial charge in [-0.25, -0.2) is 0 Å². The second kappa shape index (κ2) is 16.5. The van der Waals surface area contributed by atoms with Crippen molar-refractivity contribution in [2.75, 3.05) is 0 Å². The molecule has 0 fully saturated rings. The fourth-order valence-electron chi connectivity index (χ4n) is 3.91. The van der Waals surface area contributed by atoms with Crippen molar-refractivity contribution < 1.29 is 36.4 Å². The number of aromatic hydroxyl groups is 2. The number of benzene rings is 2. The molecule has 0 atom stereocenters. The summed E-state index contributed by atoms with van der Waals surface area (Å²) in [5.74, 6) is 1.32. The molecular formula is C34H55N2O2Zr-. The molecule has 2 aromatic carbocycles. The van der Waals surface area contributed by atoms with Gasteiger partial charge in [0.1, 0.15) is 11.5 Å². The first-order valence-electron chi connectivity index (χ1n) is 13.6. The molecule has 0 aliphatic heterocycles. The van der Waals surface area contributed by atoms with Gasteiger partial charge in [-0.05, 0) is 81.0 Å². The van der Waals surface area contributed by atoms with Gasteiger partial charge in [-0.2, -0.15) is 0 Å². The van der Waals surface area contributed by atoms with Crippen molar-refractivity contribution in [3.63, 3.8) is 0 Å². The molecule has 0 saturated heterocycles. The van der Waals surface area contributed by atoms with Crippen LogP contribution in [-0.2, 0) is 43.5 Å². The predicted octanol–water partition coefficient (Wildman–Crippen LogP) is 8.99. The second-order valence-electron chi connectivity index (χ2n) is 13.2. The standard InChI is InChI=1S/C18H29NO.C15H23NO.CH3.Zr/c1-12(2)8-14-9-15(11-19-13(3)4)17(20)16(10-14)18(5,6)7;1-10(2)16-9-12-7-11(3)8-13(14(12)17)15(4,5)6;;/h9-13,20H,8H2,1-7H3;7-10,17H,1-6H3;1H3;/q;;-1;. The summed E-state index contributed by atoms with van der Waals surface area (Å²) in [4.78, 5) is 8.75. The fourth-order valence-corrected chi connectivity index (χ4v) is 3.91. The Morgan fingerprint density at radius 2 is 1.08 bits per heavy atom. The van der Waals surface area contributed by atoms with Gasteiger partial charge in [0.2, 0.25) is 0 Å². The van der Waals surface area contributed by atoms with Crippen molar-refractivity contribution in [1.29, 1.82) is 0 Å². The fraction of sp³-hybridized carbons (Fsp3) is 0.559. The normalized spacial score (nSPS) is 12.1. The second-order valence-corrected chi connectivity index (χ2v) is 13.2. The number of hydrogen-bond acceptors (Lipinski definition) is 4.